The maximum atomic E-state index is 13.3. The minimum atomic E-state index is 0. The van der Waals surface area contributed by atoms with Crippen molar-refractivity contribution in [1.29, 1.82) is 0 Å². The van der Waals surface area contributed by atoms with Gasteiger partial charge in [-0.25, -0.2) is 0 Å². The third-order valence-electron chi connectivity index (χ3n) is 10.2. The van der Waals surface area contributed by atoms with Gasteiger partial charge in [-0.3, -0.25) is 9.59 Å². The predicted molar refractivity (Wildman–Crippen MR) is 226 cm³/mol. The van der Waals surface area contributed by atoms with Crippen molar-refractivity contribution in [3.8, 4) is 0 Å². The van der Waals surface area contributed by atoms with Gasteiger partial charge in [0.15, 0.2) is 0 Å². The van der Waals surface area contributed by atoms with Crippen LogP contribution >= 0.6 is 12.4 Å². The predicted octanol–water partition coefficient (Wildman–Crippen LogP) is 12.4. The molecule has 4 N–H and O–H groups in total. The first-order valence-electron chi connectivity index (χ1n) is 21.7. The van der Waals surface area contributed by atoms with E-state index in [2.05, 4.69) is 13.8 Å². The van der Waals surface area contributed by atoms with Gasteiger partial charge >= 0.3 is 0 Å². The third-order valence-corrected chi connectivity index (χ3v) is 10.2. The first-order chi connectivity index (χ1) is 24.6. The van der Waals surface area contributed by atoms with Gasteiger partial charge in [0.2, 0.25) is 11.8 Å². The average molecular weight is 736 g/mol. The van der Waals surface area contributed by atoms with Crippen molar-refractivity contribution in [2.24, 2.45) is 11.5 Å². The van der Waals surface area contributed by atoms with E-state index in [9.17, 15) is 9.59 Å². The monoisotopic (exact) mass is 735 g/mol. The van der Waals surface area contributed by atoms with Gasteiger partial charge in [-0.15, -0.1) is 12.4 Å². The van der Waals surface area contributed by atoms with E-state index in [1.165, 1.54) is 141 Å². The molecule has 0 aliphatic heterocycles. The Balaban J connectivity index is 0.0000250. The van der Waals surface area contributed by atoms with Crippen molar-refractivity contribution >= 4 is 35.6 Å². The Labute approximate surface area is 322 Å². The highest BCUT2D eigenvalue weighted by molar-refractivity contribution is 5.95. The van der Waals surface area contributed by atoms with E-state index in [4.69, 9.17) is 11.5 Å². The van der Waals surface area contributed by atoms with E-state index >= 15 is 0 Å². The average Bonchev–Trinajstić information content (AvgIpc) is 3.13. The number of nitrogens with two attached hydrogens (primary N) is 2. The van der Waals surface area contributed by atoms with Crippen LogP contribution < -0.4 is 21.3 Å². The number of carbonyl (C=O) groups excluding carboxylic acids is 2. The molecule has 1 aromatic carbocycles. The molecule has 0 saturated carbocycles. The maximum Gasteiger partial charge on any atom is 0.226 e. The van der Waals surface area contributed by atoms with E-state index in [0.29, 0.717) is 39.0 Å². The molecule has 298 valence electrons. The highest BCUT2D eigenvalue weighted by Gasteiger charge is 2.18. The molecule has 1 rings (SSSR count). The summed E-state index contributed by atoms with van der Waals surface area (Å²) in [5, 5.41) is 0. The van der Waals surface area contributed by atoms with Crippen molar-refractivity contribution in [2.75, 3.05) is 36.0 Å². The van der Waals surface area contributed by atoms with Crippen molar-refractivity contribution in [1.82, 2.24) is 0 Å². The van der Waals surface area contributed by atoms with E-state index < -0.39 is 0 Å². The number of hydrogen-bond donors (Lipinski definition) is 2. The minimum Gasteiger partial charge on any atom is -0.330 e. The van der Waals surface area contributed by atoms with Crippen LogP contribution in [0.1, 0.15) is 206 Å². The second-order valence-corrected chi connectivity index (χ2v) is 14.9. The van der Waals surface area contributed by atoms with Crippen molar-refractivity contribution in [3.05, 3.63) is 24.3 Å². The molecular weight excluding hydrogens is 652 g/mol. The molecule has 0 unspecified atom stereocenters. The Morgan fingerprint density at radius 2 is 0.647 bits per heavy atom. The van der Waals surface area contributed by atoms with Crippen LogP contribution in [0.25, 0.3) is 0 Å². The van der Waals surface area contributed by atoms with E-state index in [0.717, 1.165) is 49.9 Å². The van der Waals surface area contributed by atoms with Gasteiger partial charge < -0.3 is 21.3 Å². The van der Waals surface area contributed by atoms with Crippen LogP contribution in [0, 0.1) is 0 Å². The molecule has 2 amide bonds. The lowest BCUT2D eigenvalue weighted by molar-refractivity contribution is -0.119. The first kappa shape index (κ1) is 49.4. The van der Waals surface area contributed by atoms with Crippen molar-refractivity contribution < 1.29 is 9.59 Å². The van der Waals surface area contributed by atoms with Crippen LogP contribution in [0.2, 0.25) is 0 Å². The zero-order chi connectivity index (χ0) is 36.3. The standard InChI is InChI=1S/C44H82N4O2.ClH/c1-3-5-7-9-11-13-15-17-19-21-23-25-27-31-43(49)47(39-29-37-45)41-33-35-42(36-34-41)48(40-30-38-46)44(50)32-28-26-24-22-20-18-16-14-12-10-8-6-4-2;/h33-36H,3-32,37-40,45-46H2,1-2H3;1H. The van der Waals surface area contributed by atoms with Crippen LogP contribution in [0.15, 0.2) is 24.3 Å². The molecule has 6 nitrogen and oxygen atoms in total. The second-order valence-electron chi connectivity index (χ2n) is 14.9. The number of rotatable bonds is 36. The van der Waals surface area contributed by atoms with E-state index in [1.54, 1.807) is 0 Å². The number of benzene rings is 1. The Bertz CT molecular complexity index is 840. The number of halogens is 1. The number of carbonyl (C=O) groups is 2. The molecule has 1 aromatic rings. The van der Waals surface area contributed by atoms with Crippen molar-refractivity contribution in [2.45, 2.75) is 206 Å². The zero-order valence-corrected chi connectivity index (χ0v) is 34.4. The maximum absolute atomic E-state index is 13.3. The number of anilines is 2. The summed E-state index contributed by atoms with van der Waals surface area (Å²) in [6.45, 7) is 6.92. The summed E-state index contributed by atoms with van der Waals surface area (Å²) < 4.78 is 0. The summed E-state index contributed by atoms with van der Waals surface area (Å²) in [6.07, 6.45) is 36.5. The Morgan fingerprint density at radius 1 is 0.412 bits per heavy atom. The highest BCUT2D eigenvalue weighted by atomic mass is 35.5. The Hall–Kier alpha value is -1.63. The van der Waals surface area contributed by atoms with Gasteiger partial charge in [-0.2, -0.15) is 0 Å². The summed E-state index contributed by atoms with van der Waals surface area (Å²) >= 11 is 0. The van der Waals surface area contributed by atoms with E-state index in [-0.39, 0.29) is 24.2 Å². The largest absolute Gasteiger partial charge is 0.330 e. The summed E-state index contributed by atoms with van der Waals surface area (Å²) in [6, 6.07) is 8.01. The summed E-state index contributed by atoms with van der Waals surface area (Å²) in [4.78, 5) is 30.5. The smallest absolute Gasteiger partial charge is 0.226 e. The lowest BCUT2D eigenvalue weighted by Crippen LogP contribution is -2.34. The first-order valence-corrected chi connectivity index (χ1v) is 21.7. The summed E-state index contributed by atoms with van der Waals surface area (Å²) in [5.74, 6) is 0.348. The molecular formula is C44H83ClN4O2. The van der Waals surface area contributed by atoms with Crippen LogP contribution in [0.4, 0.5) is 11.4 Å². The molecule has 0 radical (unpaired) electrons. The molecule has 0 aliphatic rings. The van der Waals surface area contributed by atoms with Gasteiger partial charge in [-0.05, 0) is 63.0 Å². The minimum absolute atomic E-state index is 0. The third kappa shape index (κ3) is 26.7. The number of unbranched alkanes of at least 4 members (excludes halogenated alkanes) is 24. The molecule has 0 fully saturated rings. The molecule has 7 heteroatoms. The number of hydrogen-bond acceptors (Lipinski definition) is 4. The van der Waals surface area contributed by atoms with Crippen LogP contribution in [0.5, 0.6) is 0 Å². The van der Waals surface area contributed by atoms with Crippen molar-refractivity contribution in [3.63, 3.8) is 0 Å². The zero-order valence-electron chi connectivity index (χ0n) is 33.6. The van der Waals surface area contributed by atoms with Crippen LogP contribution in [-0.4, -0.2) is 38.0 Å². The van der Waals surface area contributed by atoms with Gasteiger partial charge in [0.25, 0.3) is 0 Å². The van der Waals surface area contributed by atoms with Gasteiger partial charge in [0.05, 0.1) is 0 Å². The van der Waals surface area contributed by atoms with E-state index in [1.807, 2.05) is 34.1 Å². The fraction of sp³-hybridized carbons (Fsp3) is 0.818. The van der Waals surface area contributed by atoms with Gasteiger partial charge in [-0.1, -0.05) is 168 Å². The van der Waals surface area contributed by atoms with Crippen LogP contribution in [-0.2, 0) is 9.59 Å². The number of nitrogens with zero attached hydrogens (tertiary/aromatic N) is 2. The number of amides is 2. The Morgan fingerprint density at radius 3 is 0.882 bits per heavy atom. The van der Waals surface area contributed by atoms with Gasteiger partial charge in [0.1, 0.15) is 0 Å². The topological polar surface area (TPSA) is 92.7 Å². The molecule has 0 spiro atoms. The normalized spacial score (nSPS) is 11.1. The van der Waals surface area contributed by atoms with Gasteiger partial charge in [0, 0.05) is 37.3 Å². The molecule has 0 atom stereocenters. The van der Waals surface area contributed by atoms with Crippen LogP contribution in [0.3, 0.4) is 0 Å². The fourth-order valence-electron chi connectivity index (χ4n) is 6.96. The lowest BCUT2D eigenvalue weighted by Gasteiger charge is -2.26. The second kappa shape index (κ2) is 36.7. The quantitative estimate of drug-likeness (QED) is 0.0671. The summed E-state index contributed by atoms with van der Waals surface area (Å²) in [5.41, 5.74) is 13.5. The summed E-state index contributed by atoms with van der Waals surface area (Å²) in [7, 11) is 0. The lowest BCUT2D eigenvalue weighted by atomic mass is 10.0. The molecule has 51 heavy (non-hydrogen) atoms. The molecule has 0 bridgehead atoms. The molecule has 0 aliphatic carbocycles. The SMILES string of the molecule is CCCCCCCCCCCCCCCC(=O)N(CCCN)c1ccc(N(CCCN)C(=O)CCCCCCCCCCCCCCC)cc1.Cl. The Kier molecular flexibility index (Phi) is 35.5. The molecule has 0 heterocycles. The molecule has 0 saturated heterocycles. The molecule has 0 aromatic heterocycles. The fourth-order valence-corrected chi connectivity index (χ4v) is 6.96. The highest BCUT2D eigenvalue weighted by Crippen LogP contribution is 2.24.